The predicted octanol–water partition coefficient (Wildman–Crippen LogP) is -0.0640. The standard InChI is InChI=1S/C28H44N2O11/c1-5-10-17(25(35)38-7-3)29-15(4)24(34)30-18-12-9-8-11-16(18)14-19(30)26(36)41-28-22(33)20(31)21(32)23(40-28)27(37)39-13-6-2/h6,15-23,28-29,31-33H,2,5,7-14H2,1,3-4H3/t15-,16-,17-,18-,19-,20?,21-,22-,23?,28-/m0/s1. The van der Waals surface area contributed by atoms with Crippen molar-refractivity contribution in [1.82, 2.24) is 10.2 Å². The number of carbonyl (C=O) groups is 4. The van der Waals surface area contributed by atoms with Crippen LogP contribution in [0.25, 0.3) is 0 Å². The first-order chi connectivity index (χ1) is 19.5. The van der Waals surface area contributed by atoms with Crippen LogP contribution in [0.5, 0.6) is 0 Å². The third kappa shape index (κ3) is 7.63. The van der Waals surface area contributed by atoms with Crippen LogP contribution in [-0.2, 0) is 38.1 Å². The summed E-state index contributed by atoms with van der Waals surface area (Å²) in [5, 5.41) is 34.1. The molecule has 0 radical (unpaired) electrons. The molecule has 0 bridgehead atoms. The molecule has 2 unspecified atom stereocenters. The fourth-order valence-corrected chi connectivity index (χ4v) is 5.94. The Bertz CT molecular complexity index is 946. The van der Waals surface area contributed by atoms with E-state index in [2.05, 4.69) is 11.9 Å². The highest BCUT2D eigenvalue weighted by molar-refractivity contribution is 5.89. The molecular weight excluding hydrogens is 540 g/mol. The summed E-state index contributed by atoms with van der Waals surface area (Å²) < 4.78 is 20.9. The van der Waals surface area contributed by atoms with E-state index in [1.807, 2.05) is 6.92 Å². The van der Waals surface area contributed by atoms with Gasteiger partial charge in [-0.1, -0.05) is 38.8 Å². The molecular formula is C28H44N2O11. The lowest BCUT2D eigenvalue weighted by molar-refractivity contribution is -0.288. The zero-order chi connectivity index (χ0) is 30.3. The Kier molecular flexibility index (Phi) is 12.1. The Morgan fingerprint density at radius 1 is 1.05 bits per heavy atom. The molecule has 0 aromatic heterocycles. The van der Waals surface area contributed by atoms with E-state index in [1.54, 1.807) is 13.8 Å². The Labute approximate surface area is 240 Å². The number of esters is 3. The van der Waals surface area contributed by atoms with Gasteiger partial charge in [0.2, 0.25) is 12.2 Å². The Morgan fingerprint density at radius 2 is 1.76 bits per heavy atom. The van der Waals surface area contributed by atoms with E-state index >= 15 is 0 Å². The average molecular weight is 585 g/mol. The van der Waals surface area contributed by atoms with Crippen molar-refractivity contribution in [2.45, 2.75) is 121 Å². The summed E-state index contributed by atoms with van der Waals surface area (Å²) in [5.74, 6) is -2.68. The Balaban J connectivity index is 1.78. The van der Waals surface area contributed by atoms with Crippen LogP contribution in [-0.4, -0.2) is 112 Å². The minimum Gasteiger partial charge on any atom is -0.465 e. The van der Waals surface area contributed by atoms with Crippen LogP contribution in [0, 0.1) is 5.92 Å². The molecule has 1 saturated carbocycles. The fourth-order valence-electron chi connectivity index (χ4n) is 5.94. The molecule has 41 heavy (non-hydrogen) atoms. The summed E-state index contributed by atoms with van der Waals surface area (Å²) in [4.78, 5) is 53.6. The molecule has 4 N–H and O–H groups in total. The van der Waals surface area contributed by atoms with E-state index in [-0.39, 0.29) is 31.1 Å². The van der Waals surface area contributed by atoms with Crippen molar-refractivity contribution in [3.05, 3.63) is 12.7 Å². The fraction of sp³-hybridized carbons (Fsp3) is 0.786. The van der Waals surface area contributed by atoms with Crippen LogP contribution in [0.15, 0.2) is 12.7 Å². The maximum atomic E-state index is 13.8. The van der Waals surface area contributed by atoms with Crippen molar-refractivity contribution in [2.24, 2.45) is 5.92 Å². The highest BCUT2D eigenvalue weighted by Crippen LogP contribution is 2.41. The second kappa shape index (κ2) is 15.1. The van der Waals surface area contributed by atoms with E-state index in [4.69, 9.17) is 18.9 Å². The van der Waals surface area contributed by atoms with Crippen LogP contribution in [0.2, 0.25) is 0 Å². The van der Waals surface area contributed by atoms with Gasteiger partial charge in [0, 0.05) is 6.04 Å². The summed E-state index contributed by atoms with van der Waals surface area (Å²) in [5.41, 5.74) is 0. The molecule has 232 valence electrons. The van der Waals surface area contributed by atoms with E-state index in [9.17, 15) is 34.5 Å². The minimum atomic E-state index is -1.87. The third-order valence-corrected chi connectivity index (χ3v) is 7.96. The molecule has 0 aromatic carbocycles. The number of nitrogens with zero attached hydrogens (tertiary/aromatic N) is 1. The van der Waals surface area contributed by atoms with Gasteiger partial charge < -0.3 is 39.2 Å². The van der Waals surface area contributed by atoms with Gasteiger partial charge in [-0.25, -0.2) is 9.59 Å². The van der Waals surface area contributed by atoms with Crippen molar-refractivity contribution < 1.29 is 53.4 Å². The van der Waals surface area contributed by atoms with Crippen LogP contribution in [0.3, 0.4) is 0 Å². The highest BCUT2D eigenvalue weighted by Gasteiger charge is 2.53. The maximum absolute atomic E-state index is 13.8. The lowest BCUT2D eigenvalue weighted by atomic mass is 9.84. The van der Waals surface area contributed by atoms with Gasteiger partial charge in [-0.2, -0.15) is 0 Å². The summed E-state index contributed by atoms with van der Waals surface area (Å²) in [6.07, 6.45) is -2.91. The molecule has 3 fully saturated rings. The molecule has 13 nitrogen and oxygen atoms in total. The number of amides is 1. The second-order valence-electron chi connectivity index (χ2n) is 10.8. The molecule has 2 heterocycles. The molecule has 2 aliphatic heterocycles. The molecule has 3 rings (SSSR count). The molecule has 1 aliphatic carbocycles. The number of ether oxygens (including phenoxy) is 4. The smallest absolute Gasteiger partial charge is 0.338 e. The van der Waals surface area contributed by atoms with Gasteiger partial charge in [0.1, 0.15) is 37.0 Å². The molecule has 2 saturated heterocycles. The van der Waals surface area contributed by atoms with E-state index in [0.717, 1.165) is 19.3 Å². The zero-order valence-electron chi connectivity index (χ0n) is 24.0. The van der Waals surface area contributed by atoms with Crippen molar-refractivity contribution in [1.29, 1.82) is 0 Å². The molecule has 3 aliphatic rings. The monoisotopic (exact) mass is 584 g/mol. The minimum absolute atomic E-state index is 0.0557. The van der Waals surface area contributed by atoms with Gasteiger partial charge >= 0.3 is 17.9 Å². The summed E-state index contributed by atoms with van der Waals surface area (Å²) in [6.45, 7) is 8.71. The molecule has 0 aromatic rings. The predicted molar refractivity (Wildman–Crippen MR) is 143 cm³/mol. The summed E-state index contributed by atoms with van der Waals surface area (Å²) >= 11 is 0. The second-order valence-corrected chi connectivity index (χ2v) is 10.8. The number of nitrogens with one attached hydrogen (secondary N) is 1. The topological polar surface area (TPSA) is 181 Å². The average Bonchev–Trinajstić information content (AvgIpc) is 3.35. The van der Waals surface area contributed by atoms with Crippen molar-refractivity contribution in [3.63, 3.8) is 0 Å². The molecule has 13 heteroatoms. The zero-order valence-corrected chi connectivity index (χ0v) is 24.0. The van der Waals surface area contributed by atoms with Gasteiger partial charge in [0.15, 0.2) is 6.10 Å². The third-order valence-electron chi connectivity index (χ3n) is 7.96. The number of hydrogen-bond donors (Lipinski definition) is 4. The van der Waals surface area contributed by atoms with Crippen molar-refractivity contribution >= 4 is 23.8 Å². The van der Waals surface area contributed by atoms with Crippen LogP contribution < -0.4 is 5.32 Å². The van der Waals surface area contributed by atoms with Gasteiger partial charge in [-0.05, 0) is 45.4 Å². The maximum Gasteiger partial charge on any atom is 0.338 e. The van der Waals surface area contributed by atoms with Gasteiger partial charge in [-0.15, -0.1) is 0 Å². The Hall–Kier alpha value is -2.58. The SMILES string of the molecule is C=CCOC(=O)C1O[C@@H](OC(=O)[C@@H]2C[C@@H]3CCCC[C@@H]3N2C(=O)[C@H](C)N[C@@H](CCC)C(=O)OCC)[C@@H](O)C(O)[C@@H]1O. The quantitative estimate of drug-likeness (QED) is 0.136. The van der Waals surface area contributed by atoms with E-state index in [0.29, 0.717) is 25.7 Å². The van der Waals surface area contributed by atoms with Crippen LogP contribution in [0.4, 0.5) is 0 Å². The molecule has 10 atom stereocenters. The van der Waals surface area contributed by atoms with Crippen molar-refractivity contribution in [3.8, 4) is 0 Å². The number of hydrogen-bond acceptors (Lipinski definition) is 12. The molecule has 1 amide bonds. The first-order valence-electron chi connectivity index (χ1n) is 14.5. The van der Waals surface area contributed by atoms with Crippen LogP contribution in [0.1, 0.15) is 65.7 Å². The number of carbonyl (C=O) groups excluding carboxylic acids is 4. The van der Waals surface area contributed by atoms with E-state index < -0.39 is 66.7 Å². The van der Waals surface area contributed by atoms with Gasteiger partial charge in [-0.3, -0.25) is 14.9 Å². The highest BCUT2D eigenvalue weighted by atomic mass is 16.7. The van der Waals surface area contributed by atoms with Gasteiger partial charge in [0.25, 0.3) is 0 Å². The number of aliphatic hydroxyl groups excluding tert-OH is 3. The number of fused-ring (bicyclic) bond motifs is 1. The van der Waals surface area contributed by atoms with E-state index in [1.165, 1.54) is 11.0 Å². The molecule has 0 spiro atoms. The van der Waals surface area contributed by atoms with Gasteiger partial charge in [0.05, 0.1) is 12.6 Å². The normalized spacial score (nSPS) is 32.8. The lowest BCUT2D eigenvalue weighted by Crippen LogP contribution is -2.61. The number of aliphatic hydroxyl groups is 3. The summed E-state index contributed by atoms with van der Waals surface area (Å²) in [7, 11) is 0. The number of likely N-dealkylation sites (tertiary alicyclic amines) is 1. The van der Waals surface area contributed by atoms with Crippen molar-refractivity contribution in [2.75, 3.05) is 13.2 Å². The lowest BCUT2D eigenvalue weighted by Gasteiger charge is -2.39. The van der Waals surface area contributed by atoms with Crippen LogP contribution >= 0.6 is 0 Å². The summed E-state index contributed by atoms with van der Waals surface area (Å²) in [6, 6.07) is -2.73. The first kappa shape index (κ1) is 32.9. The Morgan fingerprint density at radius 3 is 2.41 bits per heavy atom. The number of rotatable bonds is 12. The largest absolute Gasteiger partial charge is 0.465 e. The first-order valence-corrected chi connectivity index (χ1v) is 14.5.